The molecule has 0 radical (unpaired) electrons. The average Bonchev–Trinajstić information content (AvgIpc) is 3.26. The van der Waals surface area contributed by atoms with Crippen LogP contribution in [0.15, 0.2) is 42.5 Å². The van der Waals surface area contributed by atoms with Gasteiger partial charge in [0.15, 0.2) is 5.82 Å². The van der Waals surface area contributed by atoms with Crippen molar-refractivity contribution in [2.45, 2.75) is 25.8 Å². The number of hydrogen-bond donors (Lipinski definition) is 2. The van der Waals surface area contributed by atoms with Gasteiger partial charge >= 0.3 is 0 Å². The maximum absolute atomic E-state index is 12.6. The number of nitrogens with zero attached hydrogens (tertiary/aromatic N) is 3. The zero-order chi connectivity index (χ0) is 19.1. The van der Waals surface area contributed by atoms with Gasteiger partial charge < -0.3 is 10.6 Å². The highest BCUT2D eigenvalue weighted by atomic mass is 32.1. The lowest BCUT2D eigenvalue weighted by atomic mass is 10.1. The quantitative estimate of drug-likeness (QED) is 0.562. The number of carbonyl (C=O) groups excluding carboxylic acids is 1. The maximum atomic E-state index is 12.6. The number of aryl methyl sites for hydroxylation is 1. The molecule has 0 atom stereocenters. The molecule has 0 bridgehead atoms. The Morgan fingerprint density at radius 1 is 1.21 bits per heavy atom. The van der Waals surface area contributed by atoms with Crippen molar-refractivity contribution in [3.8, 4) is 11.4 Å². The van der Waals surface area contributed by atoms with Gasteiger partial charge in [-0.15, -0.1) is 5.10 Å². The first-order chi connectivity index (χ1) is 13.7. The average molecular weight is 392 g/mol. The van der Waals surface area contributed by atoms with Gasteiger partial charge in [-0.2, -0.15) is 4.98 Å². The van der Waals surface area contributed by atoms with Crippen LogP contribution >= 0.6 is 11.3 Å². The number of piperidine rings is 1. The summed E-state index contributed by atoms with van der Waals surface area (Å²) in [6.45, 7) is 3.98. The fourth-order valence-corrected chi connectivity index (χ4v) is 4.67. The Balaban J connectivity index is 1.45. The molecule has 2 aromatic carbocycles. The highest BCUT2D eigenvalue weighted by Gasteiger charge is 2.18. The summed E-state index contributed by atoms with van der Waals surface area (Å²) < 4.78 is 2.88. The number of rotatable bonds is 3. The molecule has 1 saturated heterocycles. The fourth-order valence-electron chi connectivity index (χ4n) is 3.67. The zero-order valence-corrected chi connectivity index (χ0v) is 16.4. The number of benzene rings is 2. The zero-order valence-electron chi connectivity index (χ0n) is 15.6. The number of aromatic nitrogens is 3. The molecule has 6 nitrogen and oxygen atoms in total. The van der Waals surface area contributed by atoms with Crippen LogP contribution in [0.25, 0.3) is 26.6 Å². The van der Waals surface area contributed by atoms with Crippen molar-refractivity contribution in [3.63, 3.8) is 0 Å². The molecule has 2 N–H and O–H groups in total. The molecule has 28 heavy (non-hydrogen) atoms. The molecular weight excluding hydrogens is 370 g/mol. The number of nitrogens with one attached hydrogen (secondary N) is 2. The topological polar surface area (TPSA) is 71.3 Å². The van der Waals surface area contributed by atoms with Gasteiger partial charge in [-0.25, -0.2) is 4.52 Å². The van der Waals surface area contributed by atoms with E-state index < -0.39 is 0 Å². The van der Waals surface area contributed by atoms with E-state index in [1.165, 1.54) is 5.56 Å². The molecule has 1 aliphatic heterocycles. The van der Waals surface area contributed by atoms with Crippen LogP contribution in [0.5, 0.6) is 0 Å². The van der Waals surface area contributed by atoms with E-state index in [9.17, 15) is 4.79 Å². The molecule has 1 fully saturated rings. The summed E-state index contributed by atoms with van der Waals surface area (Å²) in [6, 6.07) is 14.2. The lowest BCUT2D eigenvalue weighted by Crippen LogP contribution is -2.42. The van der Waals surface area contributed by atoms with Gasteiger partial charge in [0.05, 0.1) is 10.2 Å². The highest BCUT2D eigenvalue weighted by Crippen LogP contribution is 2.28. The third-order valence-electron chi connectivity index (χ3n) is 5.18. The molecule has 7 heteroatoms. The number of fused-ring (bicyclic) bond motifs is 3. The van der Waals surface area contributed by atoms with Gasteiger partial charge in [0, 0.05) is 17.2 Å². The second kappa shape index (κ2) is 7.00. The van der Waals surface area contributed by atoms with Gasteiger partial charge in [0.1, 0.15) is 0 Å². The first-order valence-corrected chi connectivity index (χ1v) is 10.4. The molecule has 0 spiro atoms. The van der Waals surface area contributed by atoms with E-state index >= 15 is 0 Å². The molecule has 1 aliphatic rings. The minimum atomic E-state index is -0.00625. The Labute approximate surface area is 166 Å². The van der Waals surface area contributed by atoms with E-state index in [0.717, 1.165) is 52.5 Å². The summed E-state index contributed by atoms with van der Waals surface area (Å²) in [4.78, 5) is 18.1. The summed E-state index contributed by atoms with van der Waals surface area (Å²) in [5.41, 5.74) is 3.87. The van der Waals surface area contributed by atoms with Crippen LogP contribution in [-0.2, 0) is 0 Å². The van der Waals surface area contributed by atoms with Crippen LogP contribution in [0.2, 0.25) is 0 Å². The SMILES string of the molecule is Cc1cccc(-c2nc3sc4cc(C(=O)NC5CCNCC5)ccc4n3n2)c1. The van der Waals surface area contributed by atoms with E-state index in [4.69, 9.17) is 4.98 Å². The minimum Gasteiger partial charge on any atom is -0.349 e. The van der Waals surface area contributed by atoms with Gasteiger partial charge in [-0.1, -0.05) is 35.1 Å². The van der Waals surface area contributed by atoms with E-state index in [0.29, 0.717) is 5.56 Å². The van der Waals surface area contributed by atoms with Crippen molar-refractivity contribution in [2.24, 2.45) is 0 Å². The fraction of sp³-hybridized carbons (Fsp3) is 0.286. The monoisotopic (exact) mass is 391 g/mol. The van der Waals surface area contributed by atoms with Crippen LogP contribution in [-0.4, -0.2) is 39.6 Å². The lowest BCUT2D eigenvalue weighted by molar-refractivity contribution is 0.0929. The van der Waals surface area contributed by atoms with Crippen LogP contribution in [0.1, 0.15) is 28.8 Å². The van der Waals surface area contributed by atoms with E-state index in [1.54, 1.807) is 11.3 Å². The maximum Gasteiger partial charge on any atom is 0.251 e. The summed E-state index contributed by atoms with van der Waals surface area (Å²) in [6.07, 6.45) is 1.96. The normalized spacial score (nSPS) is 15.3. The summed E-state index contributed by atoms with van der Waals surface area (Å²) in [5.74, 6) is 0.720. The van der Waals surface area contributed by atoms with Crippen molar-refractivity contribution < 1.29 is 4.79 Å². The van der Waals surface area contributed by atoms with Crippen molar-refractivity contribution in [3.05, 3.63) is 53.6 Å². The van der Waals surface area contributed by atoms with Gasteiger partial charge in [0.2, 0.25) is 4.96 Å². The molecule has 2 aromatic heterocycles. The number of thiazole rings is 1. The molecule has 4 aromatic rings. The summed E-state index contributed by atoms with van der Waals surface area (Å²) in [5, 5.41) is 11.2. The molecule has 142 valence electrons. The predicted molar refractivity (Wildman–Crippen MR) is 112 cm³/mol. The molecule has 0 unspecified atom stereocenters. The van der Waals surface area contributed by atoms with Crippen molar-refractivity contribution in [1.82, 2.24) is 25.2 Å². The van der Waals surface area contributed by atoms with Crippen molar-refractivity contribution >= 4 is 32.4 Å². The van der Waals surface area contributed by atoms with Crippen LogP contribution < -0.4 is 10.6 Å². The van der Waals surface area contributed by atoms with Crippen molar-refractivity contribution in [1.29, 1.82) is 0 Å². The molecule has 1 amide bonds. The van der Waals surface area contributed by atoms with Gasteiger partial charge in [-0.3, -0.25) is 4.79 Å². The number of carbonyl (C=O) groups is 1. The van der Waals surface area contributed by atoms with E-state index in [1.807, 2.05) is 34.8 Å². The second-order valence-corrected chi connectivity index (χ2v) is 8.29. The number of amides is 1. The Morgan fingerprint density at radius 2 is 2.07 bits per heavy atom. The Bertz CT molecular complexity index is 1170. The van der Waals surface area contributed by atoms with E-state index in [-0.39, 0.29) is 11.9 Å². The van der Waals surface area contributed by atoms with Gasteiger partial charge in [0.25, 0.3) is 5.91 Å². The molecule has 3 heterocycles. The summed E-state index contributed by atoms with van der Waals surface area (Å²) >= 11 is 1.56. The van der Waals surface area contributed by atoms with Crippen LogP contribution in [0, 0.1) is 6.92 Å². The Morgan fingerprint density at radius 3 is 2.89 bits per heavy atom. The highest BCUT2D eigenvalue weighted by molar-refractivity contribution is 7.23. The Hall–Kier alpha value is -2.77. The van der Waals surface area contributed by atoms with Crippen LogP contribution in [0.4, 0.5) is 0 Å². The third kappa shape index (κ3) is 3.16. The molecule has 0 aliphatic carbocycles. The largest absolute Gasteiger partial charge is 0.349 e. The lowest BCUT2D eigenvalue weighted by Gasteiger charge is -2.23. The first kappa shape index (κ1) is 17.3. The smallest absolute Gasteiger partial charge is 0.251 e. The predicted octanol–water partition coefficient (Wildman–Crippen LogP) is 3.40. The molecular formula is C21H21N5OS. The standard InChI is InChI=1S/C21H21N5OS/c1-13-3-2-4-14(11-13)19-24-21-26(25-19)17-6-5-15(12-18(17)28-21)20(27)23-16-7-9-22-10-8-16/h2-6,11-12,16,22H,7-10H2,1H3,(H,23,27). The van der Waals surface area contributed by atoms with Crippen LogP contribution in [0.3, 0.4) is 0 Å². The third-order valence-corrected chi connectivity index (χ3v) is 6.17. The van der Waals surface area contributed by atoms with E-state index in [2.05, 4.69) is 34.8 Å². The minimum absolute atomic E-state index is 0.00625. The summed E-state index contributed by atoms with van der Waals surface area (Å²) in [7, 11) is 0. The van der Waals surface area contributed by atoms with Gasteiger partial charge in [-0.05, 0) is 57.1 Å². The molecule has 0 saturated carbocycles. The number of hydrogen-bond acceptors (Lipinski definition) is 5. The van der Waals surface area contributed by atoms with Crippen molar-refractivity contribution in [2.75, 3.05) is 13.1 Å². The Kier molecular flexibility index (Phi) is 4.33. The second-order valence-electron chi connectivity index (χ2n) is 7.28. The molecule has 5 rings (SSSR count). The first-order valence-electron chi connectivity index (χ1n) is 9.55.